The summed E-state index contributed by atoms with van der Waals surface area (Å²) >= 11 is 6.99. The summed E-state index contributed by atoms with van der Waals surface area (Å²) in [5.74, 6) is -3.54. The molecule has 0 bridgehead atoms. The minimum absolute atomic E-state index is 0.0672. The van der Waals surface area contributed by atoms with E-state index in [1.54, 1.807) is 12.1 Å². The van der Waals surface area contributed by atoms with Crippen molar-refractivity contribution in [2.24, 2.45) is 0 Å². The lowest BCUT2D eigenvalue weighted by atomic mass is 10.1. The Bertz CT molecular complexity index is 1200. The van der Waals surface area contributed by atoms with Gasteiger partial charge in [0.15, 0.2) is 0 Å². The van der Waals surface area contributed by atoms with E-state index in [0.717, 1.165) is 16.4 Å². The monoisotopic (exact) mass is 501 g/mol. The molecule has 1 aromatic carbocycles. The average Bonchev–Trinajstić information content (AvgIpc) is 3.30. The van der Waals surface area contributed by atoms with Gasteiger partial charge >= 0.3 is 5.97 Å². The molecule has 1 fully saturated rings. The number of amides is 2. The van der Waals surface area contributed by atoms with Crippen molar-refractivity contribution in [3.05, 3.63) is 56.3 Å². The van der Waals surface area contributed by atoms with E-state index in [1.165, 1.54) is 29.5 Å². The van der Waals surface area contributed by atoms with Crippen molar-refractivity contribution in [3.8, 4) is 0 Å². The Kier molecular flexibility index (Phi) is 7.29. The van der Waals surface area contributed by atoms with Crippen molar-refractivity contribution >= 4 is 62.5 Å². The Morgan fingerprint density at radius 3 is 2.69 bits per heavy atom. The number of carboxylic acid groups (broad SMARTS) is 1. The fraction of sp³-hybridized carbons (Fsp3) is 0.211. The minimum atomic E-state index is -3.94. The fourth-order valence-corrected chi connectivity index (χ4v) is 5.03. The zero-order valence-electron chi connectivity index (χ0n) is 16.2. The molecule has 3 rings (SSSR count). The van der Waals surface area contributed by atoms with E-state index in [9.17, 15) is 27.2 Å². The summed E-state index contributed by atoms with van der Waals surface area (Å²) in [7, 11) is -3.94. The van der Waals surface area contributed by atoms with E-state index in [1.807, 2.05) is 0 Å². The smallest absolute Gasteiger partial charge is 0.322 e. The van der Waals surface area contributed by atoms with E-state index >= 15 is 0 Å². The van der Waals surface area contributed by atoms with Crippen LogP contribution in [-0.2, 0) is 19.6 Å². The standard InChI is InChI=1S/C19H17ClFN3O6S2/c20-16-4-2-12(31-16)6-8-32(29,30)23-14-5-7-24(19(14)28)15-3-1-11(9-13(15)21)18(27)22-10-17(25)26/h1-4,6,8-9,14,23H,5,7,10H2,(H,22,27)(H,25,26)/b8-6+. The fourth-order valence-electron chi connectivity index (χ4n) is 2.97. The van der Waals surface area contributed by atoms with Gasteiger partial charge in [0, 0.05) is 22.4 Å². The first-order chi connectivity index (χ1) is 15.1. The summed E-state index contributed by atoms with van der Waals surface area (Å²) in [5, 5.41) is 11.6. The molecule has 1 aliphatic rings. The van der Waals surface area contributed by atoms with Crippen LogP contribution in [0.25, 0.3) is 6.08 Å². The number of sulfonamides is 1. The van der Waals surface area contributed by atoms with Crippen LogP contribution in [0.3, 0.4) is 0 Å². The third-order valence-electron chi connectivity index (χ3n) is 4.42. The number of carbonyl (C=O) groups excluding carboxylic acids is 2. The van der Waals surface area contributed by atoms with Gasteiger partial charge in [0.1, 0.15) is 18.4 Å². The third-order valence-corrected chi connectivity index (χ3v) is 6.72. The molecule has 1 atom stereocenters. The van der Waals surface area contributed by atoms with Crippen molar-refractivity contribution in [2.75, 3.05) is 18.0 Å². The molecule has 1 aromatic heterocycles. The Labute approximate surface area is 191 Å². The highest BCUT2D eigenvalue weighted by Crippen LogP contribution is 2.26. The first kappa shape index (κ1) is 23.9. The molecule has 0 saturated carbocycles. The Hall–Kier alpha value is -2.80. The maximum absolute atomic E-state index is 14.6. The van der Waals surface area contributed by atoms with Crippen LogP contribution < -0.4 is 14.9 Å². The largest absolute Gasteiger partial charge is 0.480 e. The second kappa shape index (κ2) is 9.77. The molecule has 2 amide bonds. The molecule has 170 valence electrons. The lowest BCUT2D eigenvalue weighted by molar-refractivity contribution is -0.135. The number of aliphatic carboxylic acids is 1. The SMILES string of the molecule is O=C(O)CNC(=O)c1ccc(N2CCC(NS(=O)(=O)/C=C/c3ccc(Cl)s3)C2=O)c(F)c1. The molecule has 0 aliphatic carbocycles. The molecular weight excluding hydrogens is 485 g/mol. The third kappa shape index (κ3) is 5.91. The molecular formula is C19H17ClFN3O6S2. The van der Waals surface area contributed by atoms with E-state index < -0.39 is 46.2 Å². The Morgan fingerprint density at radius 2 is 2.06 bits per heavy atom. The highest BCUT2D eigenvalue weighted by molar-refractivity contribution is 7.92. The maximum Gasteiger partial charge on any atom is 0.322 e. The predicted octanol–water partition coefficient (Wildman–Crippen LogP) is 2.05. The van der Waals surface area contributed by atoms with Gasteiger partial charge in [-0.15, -0.1) is 11.3 Å². The van der Waals surface area contributed by atoms with Gasteiger partial charge in [-0.2, -0.15) is 4.72 Å². The van der Waals surface area contributed by atoms with Gasteiger partial charge in [-0.05, 0) is 42.8 Å². The van der Waals surface area contributed by atoms with Crippen LogP contribution in [0, 0.1) is 5.82 Å². The van der Waals surface area contributed by atoms with Gasteiger partial charge in [-0.1, -0.05) is 11.6 Å². The number of hydrogen-bond donors (Lipinski definition) is 3. The summed E-state index contributed by atoms with van der Waals surface area (Å²) < 4.78 is 41.9. The number of carbonyl (C=O) groups is 3. The molecule has 0 spiro atoms. The van der Waals surface area contributed by atoms with E-state index in [2.05, 4.69) is 10.0 Å². The minimum Gasteiger partial charge on any atom is -0.480 e. The number of nitrogens with one attached hydrogen (secondary N) is 2. The van der Waals surface area contributed by atoms with E-state index in [4.69, 9.17) is 16.7 Å². The molecule has 1 unspecified atom stereocenters. The van der Waals surface area contributed by atoms with E-state index in [0.29, 0.717) is 9.21 Å². The molecule has 9 nitrogen and oxygen atoms in total. The van der Waals surface area contributed by atoms with Crippen LogP contribution in [0.15, 0.2) is 35.7 Å². The molecule has 2 heterocycles. The number of hydrogen-bond acceptors (Lipinski definition) is 6. The molecule has 3 N–H and O–H groups in total. The van der Waals surface area contributed by atoms with Crippen LogP contribution >= 0.6 is 22.9 Å². The number of thiophene rings is 1. The molecule has 1 aliphatic heterocycles. The van der Waals surface area contributed by atoms with Gasteiger partial charge in [0.25, 0.3) is 5.91 Å². The highest BCUT2D eigenvalue weighted by Gasteiger charge is 2.36. The van der Waals surface area contributed by atoms with Crippen molar-refractivity contribution in [3.63, 3.8) is 0 Å². The summed E-state index contributed by atoms with van der Waals surface area (Å²) in [4.78, 5) is 36.7. The number of rotatable bonds is 8. The second-order valence-electron chi connectivity index (χ2n) is 6.68. The number of carboxylic acids is 1. The van der Waals surface area contributed by atoms with Crippen LogP contribution in [0.4, 0.5) is 10.1 Å². The zero-order valence-corrected chi connectivity index (χ0v) is 18.6. The molecule has 2 aromatic rings. The highest BCUT2D eigenvalue weighted by atomic mass is 35.5. The average molecular weight is 502 g/mol. The summed E-state index contributed by atoms with van der Waals surface area (Å²) in [5.41, 5.74) is -0.231. The van der Waals surface area contributed by atoms with Gasteiger partial charge in [0.05, 0.1) is 10.0 Å². The predicted molar refractivity (Wildman–Crippen MR) is 118 cm³/mol. The Balaban J connectivity index is 1.67. The van der Waals surface area contributed by atoms with E-state index in [-0.39, 0.29) is 24.2 Å². The van der Waals surface area contributed by atoms with Gasteiger partial charge in [-0.3, -0.25) is 14.4 Å². The van der Waals surface area contributed by atoms with Gasteiger partial charge in [-0.25, -0.2) is 12.8 Å². The van der Waals surface area contributed by atoms with Gasteiger partial charge in [0.2, 0.25) is 15.9 Å². The summed E-state index contributed by atoms with van der Waals surface area (Å²) in [6.45, 7) is -0.555. The van der Waals surface area contributed by atoms with Crippen LogP contribution in [0.1, 0.15) is 21.7 Å². The lowest BCUT2D eigenvalue weighted by Gasteiger charge is -2.18. The normalized spacial score (nSPS) is 16.6. The summed E-state index contributed by atoms with van der Waals surface area (Å²) in [6, 6.07) is 5.53. The number of halogens is 2. The van der Waals surface area contributed by atoms with Crippen molar-refractivity contribution in [2.45, 2.75) is 12.5 Å². The van der Waals surface area contributed by atoms with Crippen molar-refractivity contribution in [1.82, 2.24) is 10.0 Å². The maximum atomic E-state index is 14.6. The van der Waals surface area contributed by atoms with Crippen LogP contribution in [0.5, 0.6) is 0 Å². The molecule has 13 heteroatoms. The molecule has 0 radical (unpaired) electrons. The number of benzene rings is 1. The summed E-state index contributed by atoms with van der Waals surface area (Å²) in [6.07, 6.45) is 1.47. The molecule has 1 saturated heterocycles. The topological polar surface area (TPSA) is 133 Å². The number of nitrogens with zero attached hydrogens (tertiary/aromatic N) is 1. The number of anilines is 1. The lowest BCUT2D eigenvalue weighted by Crippen LogP contribution is -2.41. The van der Waals surface area contributed by atoms with Gasteiger partial charge < -0.3 is 15.3 Å². The van der Waals surface area contributed by atoms with Crippen LogP contribution in [0.2, 0.25) is 4.34 Å². The van der Waals surface area contributed by atoms with Crippen LogP contribution in [-0.4, -0.2) is 50.4 Å². The van der Waals surface area contributed by atoms with Crippen molar-refractivity contribution in [1.29, 1.82) is 0 Å². The second-order valence-corrected chi connectivity index (χ2v) is 10.0. The first-order valence-electron chi connectivity index (χ1n) is 9.12. The molecule has 32 heavy (non-hydrogen) atoms. The Morgan fingerprint density at radius 1 is 1.31 bits per heavy atom. The first-order valence-corrected chi connectivity index (χ1v) is 11.9. The quantitative estimate of drug-likeness (QED) is 0.507. The van der Waals surface area contributed by atoms with Crippen molar-refractivity contribution < 1.29 is 32.3 Å². The zero-order chi connectivity index (χ0) is 23.5.